The Kier molecular flexibility index (Phi) is 9.89. The number of hydrogen-bond acceptors (Lipinski definition) is 6. The molecule has 11 nitrogen and oxygen atoms in total. The van der Waals surface area contributed by atoms with E-state index in [0.29, 0.717) is 0 Å². The Morgan fingerprint density at radius 1 is 0.808 bits per heavy atom. The lowest BCUT2D eigenvalue weighted by molar-refractivity contribution is -0.133. The van der Waals surface area contributed by atoms with Crippen molar-refractivity contribution in [2.24, 2.45) is 5.73 Å². The highest BCUT2D eigenvalue weighted by Crippen LogP contribution is 1.93. The zero-order valence-electron chi connectivity index (χ0n) is 15.3. The molecule has 0 heterocycles. The summed E-state index contributed by atoms with van der Waals surface area (Å²) in [6.07, 6.45) is -0.983. The first-order valence-electron chi connectivity index (χ1n) is 8.08. The normalized spacial score (nSPS) is 15.0. The van der Waals surface area contributed by atoms with Gasteiger partial charge < -0.3 is 32.1 Å². The maximum Gasteiger partial charge on any atom is 0.242 e. The first kappa shape index (κ1) is 23.3. The molecular formula is C15H27N5O6. The minimum atomic E-state index is -0.968. The van der Waals surface area contributed by atoms with Gasteiger partial charge in [0.25, 0.3) is 0 Å². The predicted molar refractivity (Wildman–Crippen MR) is 91.3 cm³/mol. The Morgan fingerprint density at radius 2 is 1.23 bits per heavy atom. The van der Waals surface area contributed by atoms with Crippen LogP contribution in [-0.2, 0) is 24.0 Å². The smallest absolute Gasteiger partial charge is 0.242 e. The molecule has 0 aliphatic carbocycles. The SMILES string of the molecule is C[C@H](NC(=O)C[C@@H](C)O)C(=O)N[C@@H](C)C(=O)N[C@@H](C)C(=O)NCC(N)=O. The highest BCUT2D eigenvalue weighted by atomic mass is 16.3. The molecule has 0 radical (unpaired) electrons. The maximum absolute atomic E-state index is 12.0. The quantitative estimate of drug-likeness (QED) is 0.235. The van der Waals surface area contributed by atoms with Gasteiger partial charge in [0.2, 0.25) is 29.5 Å². The Hall–Kier alpha value is -2.69. The molecule has 7 N–H and O–H groups in total. The fraction of sp³-hybridized carbons (Fsp3) is 0.667. The Labute approximate surface area is 151 Å². The predicted octanol–water partition coefficient (Wildman–Crippen LogP) is -3.13. The van der Waals surface area contributed by atoms with Crippen LogP contribution >= 0.6 is 0 Å². The van der Waals surface area contributed by atoms with Gasteiger partial charge in [-0.2, -0.15) is 0 Å². The van der Waals surface area contributed by atoms with Crippen LogP contribution in [0.4, 0.5) is 0 Å². The summed E-state index contributed by atoms with van der Waals surface area (Å²) in [7, 11) is 0. The molecular weight excluding hydrogens is 346 g/mol. The highest BCUT2D eigenvalue weighted by Gasteiger charge is 2.23. The molecule has 4 atom stereocenters. The van der Waals surface area contributed by atoms with E-state index in [4.69, 9.17) is 10.8 Å². The molecule has 0 bridgehead atoms. The first-order valence-corrected chi connectivity index (χ1v) is 8.08. The second-order valence-corrected chi connectivity index (χ2v) is 5.99. The number of amides is 5. The van der Waals surface area contributed by atoms with Crippen LogP contribution in [0.2, 0.25) is 0 Å². The van der Waals surface area contributed by atoms with Crippen LogP contribution in [0.25, 0.3) is 0 Å². The number of primary amides is 1. The van der Waals surface area contributed by atoms with Crippen LogP contribution in [0.3, 0.4) is 0 Å². The number of hydrogen-bond donors (Lipinski definition) is 6. The monoisotopic (exact) mass is 373 g/mol. The number of rotatable bonds is 10. The van der Waals surface area contributed by atoms with E-state index in [1.165, 1.54) is 27.7 Å². The zero-order chi connectivity index (χ0) is 20.4. The standard InChI is InChI=1S/C15H27N5O6/c1-7(21)5-12(23)18-9(3)14(25)20-10(4)15(26)19-8(2)13(24)17-6-11(16)22/h7-10,21H,5-6H2,1-4H3,(H2,16,22)(H,17,24)(H,18,23)(H,19,26)(H,20,25)/t7-,8+,9+,10+/m1/s1. The van der Waals surface area contributed by atoms with Crippen molar-refractivity contribution in [3.05, 3.63) is 0 Å². The molecule has 0 spiro atoms. The maximum atomic E-state index is 12.0. The van der Waals surface area contributed by atoms with Gasteiger partial charge in [-0.15, -0.1) is 0 Å². The third-order valence-electron chi connectivity index (χ3n) is 3.19. The third kappa shape index (κ3) is 9.57. The number of carbonyl (C=O) groups is 5. The summed E-state index contributed by atoms with van der Waals surface area (Å²) in [5.74, 6) is -3.04. The van der Waals surface area contributed by atoms with Gasteiger partial charge in [-0.05, 0) is 27.7 Å². The Bertz CT molecular complexity index is 551. The lowest BCUT2D eigenvalue weighted by Crippen LogP contribution is -2.55. The van der Waals surface area contributed by atoms with Crippen molar-refractivity contribution in [3.8, 4) is 0 Å². The number of nitrogens with two attached hydrogens (primary N) is 1. The minimum absolute atomic E-state index is 0.147. The van der Waals surface area contributed by atoms with Crippen LogP contribution in [0.5, 0.6) is 0 Å². The molecule has 26 heavy (non-hydrogen) atoms. The second-order valence-electron chi connectivity index (χ2n) is 5.99. The Balaban J connectivity index is 4.43. The number of aliphatic hydroxyl groups is 1. The van der Waals surface area contributed by atoms with Gasteiger partial charge in [0.05, 0.1) is 19.1 Å². The van der Waals surface area contributed by atoms with E-state index in [2.05, 4.69) is 21.3 Å². The molecule has 0 aromatic rings. The van der Waals surface area contributed by atoms with Crippen LogP contribution in [-0.4, -0.2) is 65.4 Å². The van der Waals surface area contributed by atoms with E-state index < -0.39 is 53.8 Å². The summed E-state index contributed by atoms with van der Waals surface area (Å²) in [5.41, 5.74) is 4.90. The van der Waals surface area contributed by atoms with Crippen LogP contribution in [0.15, 0.2) is 0 Å². The van der Waals surface area contributed by atoms with Crippen molar-refractivity contribution in [2.45, 2.75) is 58.3 Å². The van der Waals surface area contributed by atoms with Crippen molar-refractivity contribution < 1.29 is 29.1 Å². The van der Waals surface area contributed by atoms with Crippen LogP contribution in [0, 0.1) is 0 Å². The van der Waals surface area contributed by atoms with Crippen LogP contribution < -0.4 is 27.0 Å². The fourth-order valence-corrected chi connectivity index (χ4v) is 1.77. The average molecular weight is 373 g/mol. The van der Waals surface area contributed by atoms with Crippen molar-refractivity contribution in [3.63, 3.8) is 0 Å². The van der Waals surface area contributed by atoms with Gasteiger partial charge in [0.1, 0.15) is 18.1 Å². The largest absolute Gasteiger partial charge is 0.393 e. The van der Waals surface area contributed by atoms with Gasteiger partial charge in [0, 0.05) is 0 Å². The van der Waals surface area contributed by atoms with E-state index >= 15 is 0 Å². The highest BCUT2D eigenvalue weighted by molar-refractivity contribution is 5.94. The van der Waals surface area contributed by atoms with E-state index in [1.807, 2.05) is 0 Å². The first-order chi connectivity index (χ1) is 11.9. The van der Waals surface area contributed by atoms with Crippen molar-refractivity contribution in [1.82, 2.24) is 21.3 Å². The summed E-state index contributed by atoms with van der Waals surface area (Å²) in [6.45, 7) is 5.33. The van der Waals surface area contributed by atoms with Gasteiger partial charge in [-0.3, -0.25) is 24.0 Å². The van der Waals surface area contributed by atoms with E-state index in [0.717, 1.165) is 0 Å². The number of carbonyl (C=O) groups excluding carboxylic acids is 5. The molecule has 0 aromatic heterocycles. The summed E-state index contributed by atoms with van der Waals surface area (Å²) in [4.78, 5) is 57.8. The second kappa shape index (κ2) is 11.0. The van der Waals surface area contributed by atoms with Gasteiger partial charge in [-0.1, -0.05) is 0 Å². The molecule has 11 heteroatoms. The third-order valence-corrected chi connectivity index (χ3v) is 3.19. The molecule has 0 fully saturated rings. The molecule has 148 valence electrons. The summed E-state index contributed by atoms with van der Waals surface area (Å²) in [5, 5.41) is 18.5. The van der Waals surface area contributed by atoms with Crippen molar-refractivity contribution >= 4 is 29.5 Å². The lowest BCUT2D eigenvalue weighted by Gasteiger charge is -2.20. The van der Waals surface area contributed by atoms with Gasteiger partial charge in [-0.25, -0.2) is 0 Å². The topological polar surface area (TPSA) is 180 Å². The summed E-state index contributed by atoms with van der Waals surface area (Å²) >= 11 is 0. The van der Waals surface area contributed by atoms with Crippen molar-refractivity contribution in [1.29, 1.82) is 0 Å². The number of nitrogens with one attached hydrogen (secondary N) is 4. The minimum Gasteiger partial charge on any atom is -0.393 e. The lowest BCUT2D eigenvalue weighted by atomic mass is 10.2. The van der Waals surface area contributed by atoms with E-state index in [1.54, 1.807) is 0 Å². The molecule has 0 aromatic carbocycles. The molecule has 0 aliphatic rings. The molecule has 0 unspecified atom stereocenters. The Morgan fingerprint density at radius 3 is 1.65 bits per heavy atom. The molecule has 0 saturated heterocycles. The summed E-state index contributed by atoms with van der Waals surface area (Å²) < 4.78 is 0. The fourth-order valence-electron chi connectivity index (χ4n) is 1.77. The molecule has 5 amide bonds. The molecule has 0 saturated carbocycles. The van der Waals surface area contributed by atoms with Crippen LogP contribution in [0.1, 0.15) is 34.1 Å². The molecule has 0 aliphatic heterocycles. The van der Waals surface area contributed by atoms with E-state index in [-0.39, 0.29) is 13.0 Å². The summed E-state index contributed by atoms with van der Waals surface area (Å²) in [6, 6.07) is -2.82. The molecule has 0 rings (SSSR count). The van der Waals surface area contributed by atoms with Gasteiger partial charge >= 0.3 is 0 Å². The zero-order valence-corrected chi connectivity index (χ0v) is 15.3. The average Bonchev–Trinajstić information content (AvgIpc) is 2.50. The van der Waals surface area contributed by atoms with Crippen molar-refractivity contribution in [2.75, 3.05) is 6.54 Å². The van der Waals surface area contributed by atoms with Gasteiger partial charge in [0.15, 0.2) is 0 Å². The number of aliphatic hydroxyl groups excluding tert-OH is 1. The van der Waals surface area contributed by atoms with E-state index in [9.17, 15) is 24.0 Å².